The highest BCUT2D eigenvalue weighted by atomic mass is 15.0. The van der Waals surface area contributed by atoms with Crippen LogP contribution in [0, 0.1) is 12.8 Å². The Bertz CT molecular complexity index is 2650. The normalized spacial score (nSPS) is 17.2. The van der Waals surface area contributed by atoms with Crippen LogP contribution in [0.1, 0.15) is 43.2 Å². The quantitative estimate of drug-likeness (QED) is 0.147. The summed E-state index contributed by atoms with van der Waals surface area (Å²) in [6.07, 6.45) is 15.5. The van der Waals surface area contributed by atoms with Crippen LogP contribution in [0.2, 0.25) is 0 Å². The van der Waals surface area contributed by atoms with Crippen LogP contribution in [-0.2, 0) is 5.41 Å². The lowest BCUT2D eigenvalue weighted by atomic mass is 9.66. The number of aryl methyl sites for hydroxylation is 1. The van der Waals surface area contributed by atoms with Crippen molar-refractivity contribution in [3.8, 4) is 27.9 Å². The molecule has 0 aliphatic heterocycles. The Morgan fingerprint density at radius 3 is 2.16 bits per heavy atom. The monoisotopic (exact) mass is 724 g/mol. The predicted molar refractivity (Wildman–Crippen MR) is 241 cm³/mol. The van der Waals surface area contributed by atoms with Crippen molar-refractivity contribution in [1.29, 1.82) is 0 Å². The van der Waals surface area contributed by atoms with Gasteiger partial charge in [0.15, 0.2) is 0 Å². The van der Waals surface area contributed by atoms with Crippen LogP contribution in [-0.4, -0.2) is 4.57 Å². The lowest BCUT2D eigenvalue weighted by Crippen LogP contribution is -2.28. The summed E-state index contributed by atoms with van der Waals surface area (Å²) in [4.78, 5) is 0. The van der Waals surface area contributed by atoms with Crippen LogP contribution in [0.15, 0.2) is 206 Å². The van der Waals surface area contributed by atoms with Gasteiger partial charge in [-0.05, 0) is 114 Å². The number of nitrogens with zero attached hydrogens (tertiary/aromatic N) is 1. The molecule has 7 aromatic rings. The SMILES string of the molecule is C=C/C=C(\C=C/C)C(C)/C=C1/C=C\c2c(c3ccccc3n2-c2ccc(-c3ccccc3)cc2)-c2ccc(Nc3ccccc3C)cc2C1(C)c1ccccc1. The van der Waals surface area contributed by atoms with Crippen LogP contribution in [0.4, 0.5) is 11.4 Å². The Balaban J connectivity index is 1.44. The lowest BCUT2D eigenvalue weighted by molar-refractivity contribution is 0.680. The first-order valence-corrected chi connectivity index (χ1v) is 19.6. The van der Waals surface area contributed by atoms with E-state index < -0.39 is 5.41 Å². The van der Waals surface area contributed by atoms with Gasteiger partial charge in [-0.3, -0.25) is 0 Å². The van der Waals surface area contributed by atoms with E-state index in [0.29, 0.717) is 0 Å². The van der Waals surface area contributed by atoms with E-state index in [2.05, 4.69) is 232 Å². The van der Waals surface area contributed by atoms with Gasteiger partial charge in [0.25, 0.3) is 0 Å². The number of hydrogen-bond acceptors (Lipinski definition) is 1. The van der Waals surface area contributed by atoms with E-state index in [1.165, 1.54) is 61.0 Å². The van der Waals surface area contributed by atoms with Gasteiger partial charge in [-0.25, -0.2) is 0 Å². The van der Waals surface area contributed by atoms with Crippen molar-refractivity contribution in [2.45, 2.75) is 33.1 Å². The molecule has 0 bridgehead atoms. The molecule has 1 aliphatic rings. The molecule has 8 rings (SSSR count). The summed E-state index contributed by atoms with van der Waals surface area (Å²) in [5.74, 6) is 0.124. The molecule has 274 valence electrons. The number of anilines is 2. The zero-order chi connectivity index (χ0) is 38.6. The molecule has 0 amide bonds. The standard InChI is InChI=1S/C54H48N2/c1-6-18-40(19-7-2)39(4)36-44-30-35-52-53(48-25-15-17-27-51(48)56(52)46-32-28-42(29-33-46)41-21-10-8-11-22-41)47-34-31-45(55-50-26-16-14-20-38(50)3)37-49(47)54(44,5)43-23-12-9-13-24-43/h6-37,39,55H,1H2,2-5H3/b19-7-,35-30-,40-18+,44-36-. The molecule has 0 radical (unpaired) electrons. The van der Waals surface area contributed by atoms with E-state index in [4.69, 9.17) is 0 Å². The molecular formula is C54H48N2. The maximum atomic E-state index is 4.05. The van der Waals surface area contributed by atoms with E-state index in [-0.39, 0.29) is 5.92 Å². The van der Waals surface area contributed by atoms with E-state index in [1.54, 1.807) is 0 Å². The average molecular weight is 725 g/mol. The van der Waals surface area contributed by atoms with E-state index >= 15 is 0 Å². The van der Waals surface area contributed by atoms with Gasteiger partial charge in [0.1, 0.15) is 0 Å². The van der Waals surface area contributed by atoms with E-state index in [1.807, 2.05) is 6.08 Å². The minimum Gasteiger partial charge on any atom is -0.355 e. The number of allylic oxidation sites excluding steroid dienone is 8. The maximum Gasteiger partial charge on any atom is 0.0547 e. The van der Waals surface area contributed by atoms with Crippen molar-refractivity contribution in [1.82, 2.24) is 4.57 Å². The third kappa shape index (κ3) is 6.69. The van der Waals surface area contributed by atoms with Crippen molar-refractivity contribution in [2.75, 3.05) is 5.32 Å². The Morgan fingerprint density at radius 1 is 0.750 bits per heavy atom. The second-order valence-electron chi connectivity index (χ2n) is 14.9. The van der Waals surface area contributed by atoms with Gasteiger partial charge in [0.05, 0.1) is 11.2 Å². The van der Waals surface area contributed by atoms with Crippen molar-refractivity contribution in [3.63, 3.8) is 0 Å². The van der Waals surface area contributed by atoms with Crippen LogP contribution >= 0.6 is 0 Å². The molecule has 1 aliphatic carbocycles. The molecule has 0 spiro atoms. The molecule has 1 aromatic heterocycles. The number of fused-ring (bicyclic) bond motifs is 5. The predicted octanol–water partition coefficient (Wildman–Crippen LogP) is 14.6. The third-order valence-electron chi connectivity index (χ3n) is 11.4. The fourth-order valence-corrected chi connectivity index (χ4v) is 8.39. The molecule has 2 heteroatoms. The third-order valence-corrected chi connectivity index (χ3v) is 11.4. The molecule has 6 aromatic carbocycles. The lowest BCUT2D eigenvalue weighted by Gasteiger charge is -2.37. The minimum absolute atomic E-state index is 0.124. The van der Waals surface area contributed by atoms with Crippen molar-refractivity contribution in [2.24, 2.45) is 5.92 Å². The van der Waals surface area contributed by atoms with Gasteiger partial charge in [-0.1, -0.05) is 165 Å². The molecule has 2 nitrogen and oxygen atoms in total. The first kappa shape index (κ1) is 36.3. The molecule has 0 fully saturated rings. The molecule has 0 saturated carbocycles. The molecule has 0 saturated heterocycles. The highest BCUT2D eigenvalue weighted by Crippen LogP contribution is 2.50. The van der Waals surface area contributed by atoms with Crippen molar-refractivity contribution in [3.05, 3.63) is 228 Å². The van der Waals surface area contributed by atoms with Crippen LogP contribution in [0.25, 0.3) is 44.9 Å². The number of nitrogens with one attached hydrogen (secondary N) is 1. The van der Waals surface area contributed by atoms with Gasteiger partial charge in [-0.15, -0.1) is 0 Å². The Kier molecular flexibility index (Phi) is 10.1. The Labute approximate surface area is 332 Å². The van der Waals surface area contributed by atoms with Gasteiger partial charge in [-0.2, -0.15) is 0 Å². The number of para-hydroxylation sites is 2. The van der Waals surface area contributed by atoms with Gasteiger partial charge in [0.2, 0.25) is 0 Å². The van der Waals surface area contributed by atoms with Crippen LogP contribution < -0.4 is 5.32 Å². The summed E-state index contributed by atoms with van der Waals surface area (Å²) < 4.78 is 2.44. The van der Waals surface area contributed by atoms with Crippen LogP contribution in [0.5, 0.6) is 0 Å². The minimum atomic E-state index is -0.516. The van der Waals surface area contributed by atoms with Gasteiger partial charge in [0, 0.05) is 33.4 Å². The second-order valence-corrected chi connectivity index (χ2v) is 14.9. The zero-order valence-electron chi connectivity index (χ0n) is 32.7. The smallest absolute Gasteiger partial charge is 0.0547 e. The highest BCUT2D eigenvalue weighted by Gasteiger charge is 2.37. The first-order chi connectivity index (χ1) is 27.4. The highest BCUT2D eigenvalue weighted by molar-refractivity contribution is 6.04. The fraction of sp³-hybridized carbons (Fsp3) is 0.111. The number of benzene rings is 6. The second kappa shape index (κ2) is 15.6. The molecule has 2 atom stereocenters. The summed E-state index contributed by atoms with van der Waals surface area (Å²) in [6.45, 7) is 13.0. The van der Waals surface area contributed by atoms with Crippen molar-refractivity contribution < 1.29 is 0 Å². The number of hydrogen-bond donors (Lipinski definition) is 1. The summed E-state index contributed by atoms with van der Waals surface area (Å²) in [5, 5.41) is 5.02. The average Bonchev–Trinajstić information content (AvgIpc) is 3.56. The van der Waals surface area contributed by atoms with Gasteiger partial charge < -0.3 is 9.88 Å². The summed E-state index contributed by atoms with van der Waals surface area (Å²) >= 11 is 0. The number of rotatable bonds is 9. The Morgan fingerprint density at radius 2 is 1.43 bits per heavy atom. The van der Waals surface area contributed by atoms with E-state index in [9.17, 15) is 0 Å². The topological polar surface area (TPSA) is 17.0 Å². The molecule has 1 N–H and O–H groups in total. The molecule has 2 unspecified atom stereocenters. The zero-order valence-corrected chi connectivity index (χ0v) is 32.7. The summed E-state index contributed by atoms with van der Waals surface area (Å²) in [7, 11) is 0. The van der Waals surface area contributed by atoms with Crippen LogP contribution in [0.3, 0.4) is 0 Å². The largest absolute Gasteiger partial charge is 0.355 e. The summed E-state index contributed by atoms with van der Waals surface area (Å²) in [6, 6.07) is 54.9. The fourth-order valence-electron chi connectivity index (χ4n) is 8.39. The summed E-state index contributed by atoms with van der Waals surface area (Å²) in [5.41, 5.74) is 16.1. The first-order valence-electron chi connectivity index (χ1n) is 19.6. The Hall–Kier alpha value is -6.64. The molecule has 56 heavy (non-hydrogen) atoms. The molecule has 1 heterocycles. The molecular weight excluding hydrogens is 677 g/mol. The van der Waals surface area contributed by atoms with Crippen molar-refractivity contribution >= 4 is 28.4 Å². The maximum absolute atomic E-state index is 4.05. The van der Waals surface area contributed by atoms with E-state index in [0.717, 1.165) is 22.8 Å². The van der Waals surface area contributed by atoms with Gasteiger partial charge >= 0.3 is 0 Å². The number of aromatic nitrogens is 1.